The van der Waals surface area contributed by atoms with Crippen LogP contribution in [-0.2, 0) is 0 Å². The van der Waals surface area contributed by atoms with Gasteiger partial charge in [0.1, 0.15) is 0 Å². The molecule has 9 heavy (non-hydrogen) atoms. The molecule has 0 amide bonds. The fourth-order valence-electron chi connectivity index (χ4n) is 1.35. The maximum atomic E-state index is 9.23. The monoisotopic (exact) mass is 126 g/mol. The number of aliphatic hydroxyl groups excluding tert-OH is 1. The van der Waals surface area contributed by atoms with E-state index in [9.17, 15) is 5.11 Å². The average molecular weight is 126 g/mol. The molecule has 1 nitrogen and oxygen atoms in total. The van der Waals surface area contributed by atoms with Crippen LogP contribution in [0.1, 0.15) is 26.2 Å². The van der Waals surface area contributed by atoms with Gasteiger partial charge in [-0.3, -0.25) is 0 Å². The third kappa shape index (κ3) is 1.55. The van der Waals surface area contributed by atoms with E-state index >= 15 is 0 Å². The fraction of sp³-hybridized carbons (Fsp3) is 0.750. The molecule has 1 heteroatoms. The Kier molecular flexibility index (Phi) is 2.29. The molecule has 1 N–H and O–H groups in total. The molecular formula is C8H14O. The number of hydrogen-bond acceptors (Lipinski definition) is 1. The molecule has 1 aliphatic rings. The van der Waals surface area contributed by atoms with E-state index in [1.165, 1.54) is 6.42 Å². The molecule has 0 fully saturated rings. The van der Waals surface area contributed by atoms with E-state index in [1.54, 1.807) is 0 Å². The van der Waals surface area contributed by atoms with Crippen molar-refractivity contribution in [1.82, 2.24) is 0 Å². The molecular weight excluding hydrogens is 112 g/mol. The smallest absolute Gasteiger partial charge is 0.0752 e. The third-order valence-corrected chi connectivity index (χ3v) is 1.91. The predicted octanol–water partition coefficient (Wildman–Crippen LogP) is 1.72. The van der Waals surface area contributed by atoms with E-state index in [0.29, 0.717) is 5.92 Å². The van der Waals surface area contributed by atoms with Crippen molar-refractivity contribution < 1.29 is 5.11 Å². The highest BCUT2D eigenvalue weighted by atomic mass is 16.3. The summed E-state index contributed by atoms with van der Waals surface area (Å²) in [5.41, 5.74) is 0. The molecule has 0 aromatic rings. The third-order valence-electron chi connectivity index (χ3n) is 1.91. The molecule has 0 unspecified atom stereocenters. The Morgan fingerprint density at radius 2 is 2.44 bits per heavy atom. The van der Waals surface area contributed by atoms with Crippen molar-refractivity contribution in [3.63, 3.8) is 0 Å². The van der Waals surface area contributed by atoms with E-state index in [1.807, 2.05) is 6.08 Å². The van der Waals surface area contributed by atoms with Crippen LogP contribution in [0.5, 0.6) is 0 Å². The zero-order chi connectivity index (χ0) is 6.69. The first kappa shape index (κ1) is 6.81. The van der Waals surface area contributed by atoms with Crippen LogP contribution in [0.2, 0.25) is 0 Å². The van der Waals surface area contributed by atoms with Crippen molar-refractivity contribution in [1.29, 1.82) is 0 Å². The summed E-state index contributed by atoms with van der Waals surface area (Å²) in [4.78, 5) is 0. The van der Waals surface area contributed by atoms with Crippen LogP contribution in [0.15, 0.2) is 12.2 Å². The SMILES string of the molecule is CCC[C@H]1CC=C[C@H]1O. The second-order valence-corrected chi connectivity index (χ2v) is 2.70. The van der Waals surface area contributed by atoms with Crippen molar-refractivity contribution in [2.75, 3.05) is 0 Å². The lowest BCUT2D eigenvalue weighted by atomic mass is 10.00. The minimum atomic E-state index is -0.148. The molecule has 0 saturated carbocycles. The first-order chi connectivity index (χ1) is 4.34. The Morgan fingerprint density at radius 3 is 2.89 bits per heavy atom. The molecule has 0 aliphatic heterocycles. The van der Waals surface area contributed by atoms with E-state index in [4.69, 9.17) is 0 Å². The van der Waals surface area contributed by atoms with E-state index < -0.39 is 0 Å². The fourth-order valence-corrected chi connectivity index (χ4v) is 1.35. The van der Waals surface area contributed by atoms with Gasteiger partial charge in [-0.2, -0.15) is 0 Å². The lowest BCUT2D eigenvalue weighted by Crippen LogP contribution is -2.12. The Morgan fingerprint density at radius 1 is 1.67 bits per heavy atom. The quantitative estimate of drug-likeness (QED) is 0.558. The number of rotatable bonds is 2. The maximum absolute atomic E-state index is 9.23. The Labute approximate surface area is 56.4 Å². The van der Waals surface area contributed by atoms with Crippen LogP contribution in [-0.4, -0.2) is 11.2 Å². The molecule has 0 radical (unpaired) electrons. The van der Waals surface area contributed by atoms with Crippen LogP contribution in [0, 0.1) is 5.92 Å². The molecule has 52 valence electrons. The van der Waals surface area contributed by atoms with Gasteiger partial charge in [0.25, 0.3) is 0 Å². The van der Waals surface area contributed by atoms with Gasteiger partial charge in [0.05, 0.1) is 6.10 Å². The van der Waals surface area contributed by atoms with Crippen molar-refractivity contribution in [2.45, 2.75) is 32.3 Å². The van der Waals surface area contributed by atoms with Gasteiger partial charge in [-0.25, -0.2) is 0 Å². The lowest BCUT2D eigenvalue weighted by molar-refractivity contribution is 0.158. The molecule has 1 rings (SSSR count). The van der Waals surface area contributed by atoms with Crippen molar-refractivity contribution in [2.24, 2.45) is 5.92 Å². The molecule has 0 bridgehead atoms. The van der Waals surface area contributed by atoms with Crippen LogP contribution < -0.4 is 0 Å². The summed E-state index contributed by atoms with van der Waals surface area (Å²) in [6.45, 7) is 2.16. The van der Waals surface area contributed by atoms with Crippen LogP contribution in [0.25, 0.3) is 0 Å². The van der Waals surface area contributed by atoms with Crippen molar-refractivity contribution >= 4 is 0 Å². The minimum Gasteiger partial charge on any atom is -0.389 e. The Balaban J connectivity index is 2.28. The first-order valence-electron chi connectivity index (χ1n) is 3.69. The average Bonchev–Trinajstić information content (AvgIpc) is 2.18. The summed E-state index contributed by atoms with van der Waals surface area (Å²) in [6.07, 6.45) is 7.25. The first-order valence-corrected chi connectivity index (χ1v) is 3.69. The highest BCUT2D eigenvalue weighted by molar-refractivity contribution is 5.01. The molecule has 0 aromatic heterocycles. The molecule has 1 aliphatic carbocycles. The van der Waals surface area contributed by atoms with Gasteiger partial charge in [-0.05, 0) is 18.8 Å². The molecule has 0 spiro atoms. The van der Waals surface area contributed by atoms with E-state index in [2.05, 4.69) is 13.0 Å². The second-order valence-electron chi connectivity index (χ2n) is 2.70. The topological polar surface area (TPSA) is 20.2 Å². The van der Waals surface area contributed by atoms with Crippen molar-refractivity contribution in [3.05, 3.63) is 12.2 Å². The summed E-state index contributed by atoms with van der Waals surface area (Å²) >= 11 is 0. The van der Waals surface area contributed by atoms with E-state index in [-0.39, 0.29) is 6.10 Å². The minimum absolute atomic E-state index is 0.148. The van der Waals surface area contributed by atoms with Gasteiger partial charge in [-0.1, -0.05) is 25.5 Å². The highest BCUT2D eigenvalue weighted by Gasteiger charge is 2.18. The van der Waals surface area contributed by atoms with Crippen LogP contribution >= 0.6 is 0 Å². The summed E-state index contributed by atoms with van der Waals surface area (Å²) in [7, 11) is 0. The normalized spacial score (nSPS) is 33.6. The molecule has 0 heterocycles. The van der Waals surface area contributed by atoms with Gasteiger partial charge < -0.3 is 5.11 Å². The van der Waals surface area contributed by atoms with E-state index in [0.717, 1.165) is 12.8 Å². The number of hydrogen-bond donors (Lipinski definition) is 1. The van der Waals surface area contributed by atoms with Gasteiger partial charge in [0, 0.05) is 0 Å². The largest absolute Gasteiger partial charge is 0.389 e. The standard InChI is InChI=1S/C8H14O/c1-2-4-7-5-3-6-8(7)9/h3,6-9H,2,4-5H2,1H3/t7-,8+/m0/s1. The molecule has 0 saturated heterocycles. The van der Waals surface area contributed by atoms with Gasteiger partial charge in [0.2, 0.25) is 0 Å². The summed E-state index contributed by atoms with van der Waals surface area (Å²) < 4.78 is 0. The highest BCUT2D eigenvalue weighted by Crippen LogP contribution is 2.22. The lowest BCUT2D eigenvalue weighted by Gasteiger charge is -2.11. The molecule has 2 atom stereocenters. The summed E-state index contributed by atoms with van der Waals surface area (Å²) in [5, 5.41) is 9.23. The van der Waals surface area contributed by atoms with Gasteiger partial charge in [0.15, 0.2) is 0 Å². The zero-order valence-electron chi connectivity index (χ0n) is 5.88. The zero-order valence-corrected chi connectivity index (χ0v) is 5.88. The summed E-state index contributed by atoms with van der Waals surface area (Å²) in [6, 6.07) is 0. The maximum Gasteiger partial charge on any atom is 0.0752 e. The number of allylic oxidation sites excluding steroid dienone is 1. The molecule has 0 aromatic carbocycles. The Bertz CT molecular complexity index is 107. The van der Waals surface area contributed by atoms with Crippen LogP contribution in [0.4, 0.5) is 0 Å². The predicted molar refractivity (Wildman–Crippen MR) is 38.2 cm³/mol. The number of aliphatic hydroxyl groups is 1. The summed E-state index contributed by atoms with van der Waals surface area (Å²) in [5.74, 6) is 0.523. The second kappa shape index (κ2) is 3.02. The van der Waals surface area contributed by atoms with Crippen LogP contribution in [0.3, 0.4) is 0 Å². The van der Waals surface area contributed by atoms with Gasteiger partial charge in [-0.15, -0.1) is 0 Å². The van der Waals surface area contributed by atoms with Crippen molar-refractivity contribution in [3.8, 4) is 0 Å². The van der Waals surface area contributed by atoms with Gasteiger partial charge >= 0.3 is 0 Å². The Hall–Kier alpha value is -0.300.